The first-order valence-corrected chi connectivity index (χ1v) is 6.89. The molecule has 0 saturated carbocycles. The van der Waals surface area contributed by atoms with Gasteiger partial charge in [0.1, 0.15) is 5.69 Å². The molecule has 1 unspecified atom stereocenters. The number of methoxy groups -OCH3 is 1. The summed E-state index contributed by atoms with van der Waals surface area (Å²) in [7, 11) is 1.71. The van der Waals surface area contributed by atoms with Crippen LogP contribution in [-0.2, 0) is 11.3 Å². The zero-order chi connectivity index (χ0) is 13.8. The number of hydrogen-bond acceptors (Lipinski definition) is 3. The fourth-order valence-electron chi connectivity index (χ4n) is 2.76. The second kappa shape index (κ2) is 6.10. The van der Waals surface area contributed by atoms with Gasteiger partial charge in [-0.3, -0.25) is 4.79 Å². The summed E-state index contributed by atoms with van der Waals surface area (Å²) in [6, 6.07) is 1.77. The Bertz CT molecular complexity index is 440. The van der Waals surface area contributed by atoms with Crippen LogP contribution >= 0.6 is 0 Å². The van der Waals surface area contributed by atoms with Gasteiger partial charge in [-0.2, -0.15) is 0 Å². The number of anilines is 1. The van der Waals surface area contributed by atoms with Gasteiger partial charge in [0.25, 0.3) is 5.91 Å². The Morgan fingerprint density at radius 1 is 1.58 bits per heavy atom. The van der Waals surface area contributed by atoms with Crippen molar-refractivity contribution < 1.29 is 9.53 Å². The molecule has 0 spiro atoms. The third-order valence-corrected chi connectivity index (χ3v) is 3.69. The van der Waals surface area contributed by atoms with Crippen LogP contribution < -0.4 is 5.73 Å². The predicted octanol–water partition coefficient (Wildman–Crippen LogP) is 1.59. The van der Waals surface area contributed by atoms with Crippen molar-refractivity contribution >= 4 is 11.6 Å². The van der Waals surface area contributed by atoms with Gasteiger partial charge in [0.15, 0.2) is 0 Å². The number of nitrogens with two attached hydrogens (primary N) is 1. The number of carbonyl (C=O) groups excluding carboxylic acids is 1. The lowest BCUT2D eigenvalue weighted by atomic mass is 9.99. The zero-order valence-electron chi connectivity index (χ0n) is 11.8. The van der Waals surface area contributed by atoms with Crippen LogP contribution in [0.25, 0.3) is 0 Å². The van der Waals surface area contributed by atoms with E-state index >= 15 is 0 Å². The van der Waals surface area contributed by atoms with E-state index in [-0.39, 0.29) is 5.91 Å². The lowest BCUT2D eigenvalue weighted by Crippen LogP contribution is -2.41. The van der Waals surface area contributed by atoms with Crippen LogP contribution in [0.15, 0.2) is 12.3 Å². The third-order valence-electron chi connectivity index (χ3n) is 3.69. The molecule has 5 nitrogen and oxygen atoms in total. The molecule has 19 heavy (non-hydrogen) atoms. The summed E-state index contributed by atoms with van der Waals surface area (Å²) in [5.41, 5.74) is 7.13. The van der Waals surface area contributed by atoms with Gasteiger partial charge >= 0.3 is 0 Å². The molecular formula is C14H23N3O2. The van der Waals surface area contributed by atoms with Crippen molar-refractivity contribution in [2.24, 2.45) is 5.92 Å². The largest absolute Gasteiger partial charge is 0.397 e. The SMILES string of the molecule is CCn1cc(N)cc1C(=O)N1CCCC(COC)C1. The topological polar surface area (TPSA) is 60.5 Å². The lowest BCUT2D eigenvalue weighted by Gasteiger charge is -2.32. The molecule has 106 valence electrons. The van der Waals surface area contributed by atoms with Gasteiger partial charge in [0.05, 0.1) is 12.3 Å². The van der Waals surface area contributed by atoms with Gasteiger partial charge in [0.2, 0.25) is 0 Å². The number of amides is 1. The molecule has 1 aromatic rings. The minimum atomic E-state index is 0.0827. The predicted molar refractivity (Wildman–Crippen MR) is 75.0 cm³/mol. The maximum atomic E-state index is 12.6. The van der Waals surface area contributed by atoms with Crippen LogP contribution in [0.2, 0.25) is 0 Å². The molecule has 0 aromatic carbocycles. The third kappa shape index (κ3) is 3.10. The number of nitrogen functional groups attached to an aromatic ring is 1. The molecular weight excluding hydrogens is 242 g/mol. The van der Waals surface area contributed by atoms with E-state index in [9.17, 15) is 4.79 Å². The molecule has 1 saturated heterocycles. The lowest BCUT2D eigenvalue weighted by molar-refractivity contribution is 0.0561. The zero-order valence-corrected chi connectivity index (χ0v) is 11.8. The first-order chi connectivity index (χ1) is 9.15. The van der Waals surface area contributed by atoms with Crippen molar-refractivity contribution in [3.05, 3.63) is 18.0 Å². The normalized spacial score (nSPS) is 19.7. The Morgan fingerprint density at radius 2 is 2.37 bits per heavy atom. The van der Waals surface area contributed by atoms with Crippen molar-refractivity contribution in [1.82, 2.24) is 9.47 Å². The molecule has 0 aliphatic carbocycles. The number of rotatable bonds is 4. The number of hydrogen-bond donors (Lipinski definition) is 1. The summed E-state index contributed by atoms with van der Waals surface area (Å²) in [6.45, 7) is 5.10. The highest BCUT2D eigenvalue weighted by Gasteiger charge is 2.26. The molecule has 5 heteroatoms. The van der Waals surface area contributed by atoms with Gasteiger partial charge < -0.3 is 19.9 Å². The Hall–Kier alpha value is -1.49. The summed E-state index contributed by atoms with van der Waals surface area (Å²) >= 11 is 0. The van der Waals surface area contributed by atoms with E-state index in [0.29, 0.717) is 17.3 Å². The standard InChI is InChI=1S/C14H23N3O2/c1-3-16-9-12(15)7-13(16)14(18)17-6-4-5-11(8-17)10-19-2/h7,9,11H,3-6,8,10,15H2,1-2H3. The van der Waals surface area contributed by atoms with Crippen molar-refractivity contribution in [2.45, 2.75) is 26.3 Å². The van der Waals surface area contributed by atoms with E-state index in [1.54, 1.807) is 13.2 Å². The van der Waals surface area contributed by atoms with E-state index in [0.717, 1.165) is 39.1 Å². The molecule has 0 bridgehead atoms. The average molecular weight is 265 g/mol. The average Bonchev–Trinajstić information content (AvgIpc) is 2.80. The van der Waals surface area contributed by atoms with E-state index < -0.39 is 0 Å². The summed E-state index contributed by atoms with van der Waals surface area (Å²) in [4.78, 5) is 14.5. The van der Waals surface area contributed by atoms with Crippen molar-refractivity contribution in [3.63, 3.8) is 0 Å². The highest BCUT2D eigenvalue weighted by atomic mass is 16.5. The number of likely N-dealkylation sites (tertiary alicyclic amines) is 1. The van der Waals surface area contributed by atoms with E-state index in [1.807, 2.05) is 22.6 Å². The Kier molecular flexibility index (Phi) is 4.47. The molecule has 1 fully saturated rings. The molecule has 1 aliphatic rings. The quantitative estimate of drug-likeness (QED) is 0.899. The maximum absolute atomic E-state index is 12.6. The van der Waals surface area contributed by atoms with E-state index in [2.05, 4.69) is 0 Å². The Morgan fingerprint density at radius 3 is 3.05 bits per heavy atom. The van der Waals surface area contributed by atoms with Crippen molar-refractivity contribution in [1.29, 1.82) is 0 Å². The minimum Gasteiger partial charge on any atom is -0.397 e. The van der Waals surface area contributed by atoms with Gasteiger partial charge in [-0.05, 0) is 31.7 Å². The summed E-state index contributed by atoms with van der Waals surface area (Å²) < 4.78 is 7.12. The first-order valence-electron chi connectivity index (χ1n) is 6.89. The van der Waals surface area contributed by atoms with Crippen LogP contribution in [0.5, 0.6) is 0 Å². The second-order valence-corrected chi connectivity index (χ2v) is 5.16. The van der Waals surface area contributed by atoms with E-state index in [4.69, 9.17) is 10.5 Å². The minimum absolute atomic E-state index is 0.0827. The molecule has 0 radical (unpaired) electrons. The van der Waals surface area contributed by atoms with Crippen LogP contribution in [-0.4, -0.2) is 42.2 Å². The highest BCUT2D eigenvalue weighted by Crippen LogP contribution is 2.20. The van der Waals surface area contributed by atoms with Gasteiger partial charge in [0, 0.05) is 32.9 Å². The van der Waals surface area contributed by atoms with Crippen LogP contribution in [0.1, 0.15) is 30.3 Å². The number of nitrogens with zero attached hydrogens (tertiary/aromatic N) is 2. The molecule has 1 atom stereocenters. The Balaban J connectivity index is 2.10. The van der Waals surface area contributed by atoms with Gasteiger partial charge in [-0.15, -0.1) is 0 Å². The Labute approximate surface area is 114 Å². The number of aromatic nitrogens is 1. The smallest absolute Gasteiger partial charge is 0.270 e. The molecule has 2 heterocycles. The fourth-order valence-corrected chi connectivity index (χ4v) is 2.76. The molecule has 1 aliphatic heterocycles. The van der Waals surface area contributed by atoms with Crippen LogP contribution in [0.3, 0.4) is 0 Å². The van der Waals surface area contributed by atoms with Gasteiger partial charge in [-0.25, -0.2) is 0 Å². The van der Waals surface area contributed by atoms with Crippen LogP contribution in [0, 0.1) is 5.92 Å². The summed E-state index contributed by atoms with van der Waals surface area (Å²) in [5.74, 6) is 0.532. The maximum Gasteiger partial charge on any atom is 0.270 e. The highest BCUT2D eigenvalue weighted by molar-refractivity contribution is 5.93. The number of aryl methyl sites for hydroxylation is 1. The van der Waals surface area contributed by atoms with Crippen molar-refractivity contribution in [2.75, 3.05) is 32.5 Å². The van der Waals surface area contributed by atoms with Crippen molar-refractivity contribution in [3.8, 4) is 0 Å². The van der Waals surface area contributed by atoms with E-state index in [1.165, 1.54) is 0 Å². The summed E-state index contributed by atoms with van der Waals surface area (Å²) in [5, 5.41) is 0. The second-order valence-electron chi connectivity index (χ2n) is 5.16. The number of piperidine rings is 1. The number of ether oxygens (including phenoxy) is 1. The molecule has 2 rings (SSSR count). The van der Waals surface area contributed by atoms with Crippen LogP contribution in [0.4, 0.5) is 5.69 Å². The first kappa shape index (κ1) is 13.9. The molecule has 2 N–H and O–H groups in total. The fraction of sp³-hybridized carbons (Fsp3) is 0.643. The van der Waals surface area contributed by atoms with Gasteiger partial charge in [-0.1, -0.05) is 0 Å². The molecule has 1 aromatic heterocycles. The summed E-state index contributed by atoms with van der Waals surface area (Å²) in [6.07, 6.45) is 4.00. The monoisotopic (exact) mass is 265 g/mol. The number of carbonyl (C=O) groups is 1. The molecule has 1 amide bonds.